The van der Waals surface area contributed by atoms with Gasteiger partial charge >= 0.3 is 0 Å². The van der Waals surface area contributed by atoms with Crippen LogP contribution in [0.3, 0.4) is 0 Å². The lowest BCUT2D eigenvalue weighted by atomic mass is 10.1. The van der Waals surface area contributed by atoms with Crippen LogP contribution in [0.1, 0.15) is 5.56 Å². The van der Waals surface area contributed by atoms with Crippen LogP contribution in [0.4, 0.5) is 5.69 Å². The van der Waals surface area contributed by atoms with Gasteiger partial charge in [-0.3, -0.25) is 4.79 Å². The van der Waals surface area contributed by atoms with E-state index in [1.165, 1.54) is 47.6 Å². The molecule has 0 saturated carbocycles. The summed E-state index contributed by atoms with van der Waals surface area (Å²) in [4.78, 5) is 12.4. The van der Waals surface area contributed by atoms with E-state index in [1.807, 2.05) is 0 Å². The third kappa shape index (κ3) is 4.73. The van der Waals surface area contributed by atoms with E-state index in [0.717, 1.165) is 9.87 Å². The average Bonchev–Trinajstić information content (AvgIpc) is 2.67. The van der Waals surface area contributed by atoms with Gasteiger partial charge in [0, 0.05) is 19.8 Å². The van der Waals surface area contributed by atoms with Gasteiger partial charge in [0.2, 0.25) is 15.9 Å². The molecule has 0 radical (unpaired) electrons. The molecule has 0 bridgehead atoms. The maximum absolute atomic E-state index is 12.5. The van der Waals surface area contributed by atoms with Crippen molar-refractivity contribution in [2.75, 3.05) is 40.7 Å². The highest BCUT2D eigenvalue weighted by Crippen LogP contribution is 2.30. The van der Waals surface area contributed by atoms with Gasteiger partial charge in [-0.15, -0.1) is 0 Å². The molecule has 0 aliphatic carbocycles. The van der Waals surface area contributed by atoms with Crippen LogP contribution in [-0.4, -0.2) is 54.1 Å². The van der Waals surface area contributed by atoms with Gasteiger partial charge in [0.15, 0.2) is 11.5 Å². The van der Waals surface area contributed by atoms with E-state index in [4.69, 9.17) is 14.2 Å². The van der Waals surface area contributed by atoms with Gasteiger partial charge in [0.05, 0.1) is 27.8 Å². The number of nitrogens with one attached hydrogen (secondary N) is 1. The molecule has 0 aliphatic rings. The Morgan fingerprint density at radius 3 is 2.11 bits per heavy atom. The highest BCUT2D eigenvalue weighted by Gasteiger charge is 2.23. The number of benzene rings is 2. The predicted molar refractivity (Wildman–Crippen MR) is 106 cm³/mol. The van der Waals surface area contributed by atoms with Crippen LogP contribution in [0.5, 0.6) is 17.2 Å². The predicted octanol–water partition coefficient (Wildman–Crippen LogP) is 2.14. The second kappa shape index (κ2) is 8.94. The van der Waals surface area contributed by atoms with E-state index in [9.17, 15) is 13.2 Å². The molecule has 0 aromatic heterocycles. The number of carbonyl (C=O) groups is 1. The number of methoxy groups -OCH3 is 3. The Kier molecular flexibility index (Phi) is 6.87. The summed E-state index contributed by atoms with van der Waals surface area (Å²) in [7, 11) is 3.57. The van der Waals surface area contributed by atoms with Crippen molar-refractivity contribution in [1.82, 2.24) is 4.31 Å². The van der Waals surface area contributed by atoms with Crippen molar-refractivity contribution in [3.05, 3.63) is 42.0 Å². The minimum Gasteiger partial charge on any atom is -0.495 e. The molecule has 0 aliphatic heterocycles. The van der Waals surface area contributed by atoms with Gasteiger partial charge < -0.3 is 19.5 Å². The molecule has 28 heavy (non-hydrogen) atoms. The van der Waals surface area contributed by atoms with E-state index in [-0.39, 0.29) is 23.0 Å². The fraction of sp³-hybridized carbons (Fsp3) is 0.316. The molecule has 1 amide bonds. The van der Waals surface area contributed by atoms with E-state index in [2.05, 4.69) is 5.32 Å². The number of sulfonamides is 1. The Morgan fingerprint density at radius 2 is 1.54 bits per heavy atom. The maximum atomic E-state index is 12.5. The monoisotopic (exact) mass is 408 g/mol. The largest absolute Gasteiger partial charge is 0.495 e. The first-order valence-electron chi connectivity index (χ1n) is 8.34. The molecule has 0 heterocycles. The van der Waals surface area contributed by atoms with Crippen LogP contribution in [0.2, 0.25) is 0 Å². The molecular formula is C19H24N2O6S. The average molecular weight is 408 g/mol. The Morgan fingerprint density at radius 1 is 0.929 bits per heavy atom. The number of hydrogen-bond acceptors (Lipinski definition) is 6. The van der Waals surface area contributed by atoms with Crippen LogP contribution in [-0.2, 0) is 21.2 Å². The Labute approximate surface area is 165 Å². The number of amides is 1. The fourth-order valence-corrected chi connectivity index (χ4v) is 3.61. The van der Waals surface area contributed by atoms with Gasteiger partial charge in [-0.25, -0.2) is 12.7 Å². The molecule has 152 valence electrons. The SMILES string of the molecule is COc1ccc(CC(=O)Nc2ccc(OC)c(S(=O)(=O)N(C)C)c2)cc1OC. The van der Waals surface area contributed by atoms with E-state index in [0.29, 0.717) is 17.2 Å². The highest BCUT2D eigenvalue weighted by molar-refractivity contribution is 7.89. The van der Waals surface area contributed by atoms with E-state index in [1.54, 1.807) is 24.3 Å². The molecular weight excluding hydrogens is 384 g/mol. The number of rotatable bonds is 8. The zero-order chi connectivity index (χ0) is 20.9. The molecule has 8 nitrogen and oxygen atoms in total. The van der Waals surface area contributed by atoms with E-state index < -0.39 is 10.0 Å². The Hall–Kier alpha value is -2.78. The molecule has 0 saturated heterocycles. The lowest BCUT2D eigenvalue weighted by Crippen LogP contribution is -2.23. The summed E-state index contributed by atoms with van der Waals surface area (Å²) in [5, 5.41) is 2.71. The standard InChI is InChI=1S/C19H24N2O6S/c1-21(2)28(23,24)18-12-14(7-9-16(18)26-4)20-19(22)11-13-6-8-15(25-3)17(10-13)27-5/h6-10,12H,11H2,1-5H3,(H,20,22). The van der Waals surface area contributed by atoms with Crippen LogP contribution in [0, 0.1) is 0 Å². The van der Waals surface area contributed by atoms with Crippen molar-refractivity contribution in [1.29, 1.82) is 0 Å². The van der Waals surface area contributed by atoms with Gasteiger partial charge in [-0.2, -0.15) is 0 Å². The second-order valence-corrected chi connectivity index (χ2v) is 8.19. The molecule has 0 unspecified atom stereocenters. The number of ether oxygens (including phenoxy) is 3. The van der Waals surface area contributed by atoms with Crippen LogP contribution < -0.4 is 19.5 Å². The summed E-state index contributed by atoms with van der Waals surface area (Å²) in [6.45, 7) is 0. The Bertz CT molecular complexity index is 957. The molecule has 0 spiro atoms. The van der Waals surface area contributed by atoms with Crippen molar-refractivity contribution in [2.45, 2.75) is 11.3 Å². The molecule has 2 rings (SSSR count). The lowest BCUT2D eigenvalue weighted by Gasteiger charge is -2.16. The van der Waals surface area contributed by atoms with Gasteiger partial charge in [-0.05, 0) is 35.9 Å². The van der Waals surface area contributed by atoms with Gasteiger partial charge in [-0.1, -0.05) is 6.07 Å². The smallest absolute Gasteiger partial charge is 0.246 e. The fourth-order valence-electron chi connectivity index (χ4n) is 2.53. The third-order valence-corrected chi connectivity index (χ3v) is 5.85. The summed E-state index contributed by atoms with van der Waals surface area (Å²) in [5.41, 5.74) is 1.08. The summed E-state index contributed by atoms with van der Waals surface area (Å²) in [6, 6.07) is 9.66. The topological polar surface area (TPSA) is 94.2 Å². The van der Waals surface area contributed by atoms with Gasteiger partial charge in [0.1, 0.15) is 10.6 Å². The summed E-state index contributed by atoms with van der Waals surface area (Å²) in [6.07, 6.45) is 0.0855. The highest BCUT2D eigenvalue weighted by atomic mass is 32.2. The molecule has 0 atom stereocenters. The summed E-state index contributed by atoms with van der Waals surface area (Å²) >= 11 is 0. The number of carbonyl (C=O) groups excluding carboxylic acids is 1. The normalized spacial score (nSPS) is 11.2. The molecule has 1 N–H and O–H groups in total. The van der Waals surface area contributed by atoms with Crippen molar-refractivity contribution in [3.8, 4) is 17.2 Å². The number of anilines is 1. The van der Waals surface area contributed by atoms with Crippen LogP contribution in [0.25, 0.3) is 0 Å². The lowest BCUT2D eigenvalue weighted by molar-refractivity contribution is -0.115. The second-order valence-electron chi connectivity index (χ2n) is 6.07. The summed E-state index contributed by atoms with van der Waals surface area (Å²) in [5.74, 6) is 0.995. The van der Waals surface area contributed by atoms with Crippen LogP contribution in [0.15, 0.2) is 41.3 Å². The molecule has 2 aromatic rings. The molecule has 9 heteroatoms. The minimum absolute atomic E-state index is 0.0242. The first-order chi connectivity index (χ1) is 13.2. The maximum Gasteiger partial charge on any atom is 0.246 e. The van der Waals surface area contributed by atoms with Crippen LogP contribution >= 0.6 is 0 Å². The first-order valence-corrected chi connectivity index (χ1v) is 9.78. The molecule has 2 aromatic carbocycles. The van der Waals surface area contributed by atoms with Crippen molar-refractivity contribution >= 4 is 21.6 Å². The zero-order valence-electron chi connectivity index (χ0n) is 16.5. The molecule has 0 fully saturated rings. The quantitative estimate of drug-likeness (QED) is 0.719. The van der Waals surface area contributed by atoms with Crippen molar-refractivity contribution in [3.63, 3.8) is 0 Å². The number of hydrogen-bond donors (Lipinski definition) is 1. The Balaban J connectivity index is 2.23. The van der Waals surface area contributed by atoms with E-state index >= 15 is 0 Å². The van der Waals surface area contributed by atoms with Gasteiger partial charge in [0.25, 0.3) is 0 Å². The zero-order valence-corrected chi connectivity index (χ0v) is 17.3. The summed E-state index contributed by atoms with van der Waals surface area (Å²) < 4.78 is 41.6. The third-order valence-electron chi connectivity index (χ3n) is 4.02. The number of nitrogens with zero attached hydrogens (tertiary/aromatic N) is 1. The van der Waals surface area contributed by atoms with Crippen molar-refractivity contribution < 1.29 is 27.4 Å². The van der Waals surface area contributed by atoms with Crippen molar-refractivity contribution in [2.24, 2.45) is 0 Å². The minimum atomic E-state index is -3.73. The first kappa shape index (κ1) is 21.5.